The molecule has 1 aliphatic heterocycles. The van der Waals surface area contributed by atoms with Crippen molar-refractivity contribution in [2.24, 2.45) is 0 Å². The Morgan fingerprint density at radius 2 is 2.16 bits per heavy atom. The van der Waals surface area contributed by atoms with E-state index in [-0.39, 0.29) is 17.9 Å². The lowest BCUT2D eigenvalue weighted by atomic mass is 10.0. The third-order valence-corrected chi connectivity index (χ3v) is 3.43. The Hall–Kier alpha value is -1.82. The van der Waals surface area contributed by atoms with Crippen molar-refractivity contribution in [2.45, 2.75) is 18.9 Å². The molecule has 2 amide bonds. The number of carbonyl (C=O) groups is 2. The number of aromatic nitrogens is 1. The maximum absolute atomic E-state index is 11.9. The highest BCUT2D eigenvalue weighted by Crippen LogP contribution is 2.10. The van der Waals surface area contributed by atoms with Crippen LogP contribution in [-0.4, -0.2) is 54.4 Å². The van der Waals surface area contributed by atoms with Gasteiger partial charge in [-0.05, 0) is 18.9 Å². The highest BCUT2D eigenvalue weighted by molar-refractivity contribution is 5.94. The van der Waals surface area contributed by atoms with Gasteiger partial charge in [-0.25, -0.2) is 0 Å². The van der Waals surface area contributed by atoms with E-state index < -0.39 is 0 Å². The Labute approximate surface area is 112 Å². The zero-order valence-electron chi connectivity index (χ0n) is 11.1. The topological polar surface area (TPSA) is 77.2 Å². The Morgan fingerprint density at radius 3 is 2.74 bits per heavy atom. The number of hydrogen-bond donors (Lipinski definition) is 3. The van der Waals surface area contributed by atoms with E-state index in [2.05, 4.69) is 20.5 Å². The average Bonchev–Trinajstić information content (AvgIpc) is 2.95. The van der Waals surface area contributed by atoms with Gasteiger partial charge in [0.2, 0.25) is 5.91 Å². The van der Waals surface area contributed by atoms with Crippen molar-refractivity contribution in [1.82, 2.24) is 20.5 Å². The minimum Gasteiger partial charge on any atom is -0.367 e. The number of nitrogens with one attached hydrogen (secondary N) is 3. The Morgan fingerprint density at radius 1 is 1.42 bits per heavy atom. The summed E-state index contributed by atoms with van der Waals surface area (Å²) in [6, 6.07) is 1.96. The Kier molecular flexibility index (Phi) is 4.57. The minimum absolute atomic E-state index is 0.0361. The maximum Gasteiger partial charge on any atom is 0.253 e. The lowest BCUT2D eigenvalue weighted by Gasteiger charge is -2.31. The third kappa shape index (κ3) is 3.82. The summed E-state index contributed by atoms with van der Waals surface area (Å²) < 4.78 is 0. The second kappa shape index (κ2) is 6.38. The second-order valence-electron chi connectivity index (χ2n) is 4.80. The Bertz CT molecular complexity index is 422. The molecule has 0 saturated carbocycles. The van der Waals surface area contributed by atoms with Crippen molar-refractivity contribution in [3.05, 3.63) is 24.0 Å². The number of amides is 2. The largest absolute Gasteiger partial charge is 0.367 e. The first kappa shape index (κ1) is 13.6. The van der Waals surface area contributed by atoms with Gasteiger partial charge in [0.1, 0.15) is 0 Å². The number of piperidine rings is 1. The molecule has 0 atom stereocenters. The molecule has 19 heavy (non-hydrogen) atoms. The molecule has 2 heterocycles. The van der Waals surface area contributed by atoms with Gasteiger partial charge in [0, 0.05) is 38.6 Å². The van der Waals surface area contributed by atoms with Crippen LogP contribution < -0.4 is 10.6 Å². The lowest BCUT2D eigenvalue weighted by Crippen LogP contribution is -2.47. The zero-order chi connectivity index (χ0) is 13.7. The molecule has 6 nitrogen and oxygen atoms in total. The number of carbonyl (C=O) groups excluding carboxylic acids is 2. The predicted octanol–water partition coefficient (Wildman–Crippen LogP) is -0.0451. The van der Waals surface area contributed by atoms with Crippen LogP contribution in [0.4, 0.5) is 0 Å². The summed E-state index contributed by atoms with van der Waals surface area (Å²) in [5.41, 5.74) is 0.660. The normalized spacial score (nSPS) is 17.1. The molecule has 1 fully saturated rings. The van der Waals surface area contributed by atoms with Crippen LogP contribution in [0.3, 0.4) is 0 Å². The van der Waals surface area contributed by atoms with Crippen LogP contribution in [0.2, 0.25) is 0 Å². The maximum atomic E-state index is 11.9. The van der Waals surface area contributed by atoms with E-state index in [1.165, 1.54) is 0 Å². The molecule has 0 bridgehead atoms. The first-order chi connectivity index (χ1) is 9.19. The number of likely N-dealkylation sites (tertiary alicyclic amines) is 1. The van der Waals surface area contributed by atoms with E-state index in [0.29, 0.717) is 12.1 Å². The number of likely N-dealkylation sites (N-methyl/N-ethyl adjacent to an activating group) is 1. The SMILES string of the molecule is CNC(=O)CN1CCC(NC(=O)c2cc[nH]c2)CC1. The van der Waals surface area contributed by atoms with Crippen molar-refractivity contribution in [3.63, 3.8) is 0 Å². The molecular weight excluding hydrogens is 244 g/mol. The van der Waals surface area contributed by atoms with Crippen LogP contribution in [0.1, 0.15) is 23.2 Å². The van der Waals surface area contributed by atoms with Gasteiger partial charge < -0.3 is 15.6 Å². The molecule has 1 aliphatic rings. The molecule has 1 saturated heterocycles. The summed E-state index contributed by atoms with van der Waals surface area (Å²) in [4.78, 5) is 28.1. The molecule has 6 heteroatoms. The summed E-state index contributed by atoms with van der Waals surface area (Å²) in [6.45, 7) is 2.12. The molecule has 0 aliphatic carbocycles. The average molecular weight is 264 g/mol. The predicted molar refractivity (Wildman–Crippen MR) is 71.8 cm³/mol. The van der Waals surface area contributed by atoms with Gasteiger partial charge in [0.15, 0.2) is 0 Å². The molecular formula is C13H20N4O2. The summed E-state index contributed by atoms with van der Waals surface area (Å²) in [5, 5.41) is 5.64. The fourth-order valence-corrected chi connectivity index (χ4v) is 2.25. The van der Waals surface area contributed by atoms with Crippen LogP contribution >= 0.6 is 0 Å². The van der Waals surface area contributed by atoms with Gasteiger partial charge in [-0.3, -0.25) is 14.5 Å². The van der Waals surface area contributed by atoms with Gasteiger partial charge in [-0.1, -0.05) is 0 Å². The number of H-pyrrole nitrogens is 1. The van der Waals surface area contributed by atoms with E-state index in [0.717, 1.165) is 25.9 Å². The van der Waals surface area contributed by atoms with Crippen LogP contribution in [0.25, 0.3) is 0 Å². The van der Waals surface area contributed by atoms with Gasteiger partial charge in [0.05, 0.1) is 12.1 Å². The fourth-order valence-electron chi connectivity index (χ4n) is 2.25. The summed E-state index contributed by atoms with van der Waals surface area (Å²) in [6.07, 6.45) is 5.19. The van der Waals surface area contributed by atoms with Crippen molar-refractivity contribution < 1.29 is 9.59 Å². The zero-order valence-corrected chi connectivity index (χ0v) is 11.1. The summed E-state index contributed by atoms with van der Waals surface area (Å²) in [5.74, 6) is 0.000750. The Balaban J connectivity index is 1.74. The molecule has 0 unspecified atom stereocenters. The molecule has 0 radical (unpaired) electrons. The van der Waals surface area contributed by atoms with E-state index in [4.69, 9.17) is 0 Å². The van der Waals surface area contributed by atoms with Crippen LogP contribution in [0.15, 0.2) is 18.5 Å². The lowest BCUT2D eigenvalue weighted by molar-refractivity contribution is -0.122. The van der Waals surface area contributed by atoms with Gasteiger partial charge >= 0.3 is 0 Å². The highest BCUT2D eigenvalue weighted by Gasteiger charge is 2.22. The van der Waals surface area contributed by atoms with Crippen LogP contribution in [0, 0.1) is 0 Å². The number of aromatic amines is 1. The molecule has 0 aromatic carbocycles. The smallest absolute Gasteiger partial charge is 0.253 e. The molecule has 3 N–H and O–H groups in total. The van der Waals surface area contributed by atoms with E-state index in [1.54, 1.807) is 25.5 Å². The molecule has 104 valence electrons. The van der Waals surface area contributed by atoms with Gasteiger partial charge in [0.25, 0.3) is 5.91 Å². The number of nitrogens with zero attached hydrogens (tertiary/aromatic N) is 1. The van der Waals surface area contributed by atoms with Gasteiger partial charge in [-0.15, -0.1) is 0 Å². The van der Waals surface area contributed by atoms with Crippen LogP contribution in [-0.2, 0) is 4.79 Å². The van der Waals surface area contributed by atoms with Crippen LogP contribution in [0.5, 0.6) is 0 Å². The molecule has 0 spiro atoms. The van der Waals surface area contributed by atoms with Crippen molar-refractivity contribution in [1.29, 1.82) is 0 Å². The van der Waals surface area contributed by atoms with Crippen molar-refractivity contribution in [3.8, 4) is 0 Å². The van der Waals surface area contributed by atoms with E-state index >= 15 is 0 Å². The molecule has 2 rings (SSSR count). The quantitative estimate of drug-likeness (QED) is 0.714. The highest BCUT2D eigenvalue weighted by atomic mass is 16.2. The molecule has 1 aromatic rings. The standard InChI is InChI=1S/C13H20N4O2/c1-14-12(18)9-17-6-3-11(4-7-17)16-13(19)10-2-5-15-8-10/h2,5,8,11,15H,3-4,6-7,9H2,1H3,(H,14,18)(H,16,19). The number of hydrogen-bond acceptors (Lipinski definition) is 3. The fraction of sp³-hybridized carbons (Fsp3) is 0.538. The summed E-state index contributed by atoms with van der Waals surface area (Å²) in [7, 11) is 1.65. The minimum atomic E-state index is -0.0361. The first-order valence-electron chi connectivity index (χ1n) is 6.55. The third-order valence-electron chi connectivity index (χ3n) is 3.43. The number of rotatable bonds is 4. The summed E-state index contributed by atoms with van der Waals surface area (Å²) >= 11 is 0. The van der Waals surface area contributed by atoms with E-state index in [9.17, 15) is 9.59 Å². The first-order valence-corrected chi connectivity index (χ1v) is 6.55. The van der Waals surface area contributed by atoms with Gasteiger partial charge in [-0.2, -0.15) is 0 Å². The second-order valence-corrected chi connectivity index (χ2v) is 4.80. The monoisotopic (exact) mass is 264 g/mol. The van der Waals surface area contributed by atoms with Crippen molar-refractivity contribution in [2.75, 3.05) is 26.7 Å². The van der Waals surface area contributed by atoms with E-state index in [1.807, 2.05) is 0 Å². The molecule has 1 aromatic heterocycles. The van der Waals surface area contributed by atoms with Crippen molar-refractivity contribution >= 4 is 11.8 Å².